The SMILES string of the molecule is CN(Cc1cccs1)c1cccc(Cl)c1C(N)=S. The minimum Gasteiger partial charge on any atom is -0.389 e. The number of thiophene rings is 1. The molecule has 1 aromatic carbocycles. The molecule has 2 aromatic rings. The van der Waals surface area contributed by atoms with Crippen LogP contribution in [0.3, 0.4) is 0 Å². The summed E-state index contributed by atoms with van der Waals surface area (Å²) >= 11 is 13.0. The van der Waals surface area contributed by atoms with Gasteiger partial charge in [-0.1, -0.05) is 36.0 Å². The number of halogens is 1. The van der Waals surface area contributed by atoms with Crippen LogP contribution >= 0.6 is 35.2 Å². The van der Waals surface area contributed by atoms with Crippen LogP contribution < -0.4 is 10.6 Å². The van der Waals surface area contributed by atoms with Gasteiger partial charge in [-0.3, -0.25) is 0 Å². The van der Waals surface area contributed by atoms with E-state index >= 15 is 0 Å². The number of anilines is 1. The molecule has 0 radical (unpaired) electrons. The number of benzene rings is 1. The maximum Gasteiger partial charge on any atom is 0.107 e. The van der Waals surface area contributed by atoms with Gasteiger partial charge in [0.1, 0.15) is 4.99 Å². The van der Waals surface area contributed by atoms with Gasteiger partial charge in [0, 0.05) is 17.6 Å². The van der Waals surface area contributed by atoms with E-state index < -0.39 is 0 Å². The van der Waals surface area contributed by atoms with Crippen molar-refractivity contribution in [1.82, 2.24) is 0 Å². The summed E-state index contributed by atoms with van der Waals surface area (Å²) in [6, 6.07) is 9.84. The molecule has 2 N–H and O–H groups in total. The fourth-order valence-corrected chi connectivity index (χ4v) is 3.10. The fourth-order valence-electron chi connectivity index (χ4n) is 1.80. The van der Waals surface area contributed by atoms with Crippen molar-refractivity contribution >= 4 is 45.8 Å². The van der Waals surface area contributed by atoms with Gasteiger partial charge in [0.25, 0.3) is 0 Å². The smallest absolute Gasteiger partial charge is 0.107 e. The monoisotopic (exact) mass is 296 g/mol. The molecule has 2 rings (SSSR count). The topological polar surface area (TPSA) is 29.3 Å². The number of hydrogen-bond donors (Lipinski definition) is 1. The van der Waals surface area contributed by atoms with Gasteiger partial charge in [-0.25, -0.2) is 0 Å². The van der Waals surface area contributed by atoms with Gasteiger partial charge in [-0.2, -0.15) is 0 Å². The van der Waals surface area contributed by atoms with Crippen molar-refractivity contribution in [3.63, 3.8) is 0 Å². The van der Waals surface area contributed by atoms with Gasteiger partial charge in [0.05, 0.1) is 17.1 Å². The van der Waals surface area contributed by atoms with Crippen LogP contribution in [0.2, 0.25) is 5.02 Å². The van der Waals surface area contributed by atoms with Crippen LogP contribution in [0.25, 0.3) is 0 Å². The molecular weight excluding hydrogens is 284 g/mol. The predicted molar refractivity (Wildman–Crippen MR) is 83.8 cm³/mol. The summed E-state index contributed by atoms with van der Waals surface area (Å²) in [5.74, 6) is 0. The largest absolute Gasteiger partial charge is 0.389 e. The molecule has 0 aliphatic carbocycles. The molecule has 0 aliphatic heterocycles. The van der Waals surface area contributed by atoms with E-state index in [1.54, 1.807) is 17.4 Å². The Morgan fingerprint density at radius 2 is 2.17 bits per heavy atom. The van der Waals surface area contributed by atoms with E-state index in [1.807, 2.05) is 25.2 Å². The summed E-state index contributed by atoms with van der Waals surface area (Å²) < 4.78 is 0. The number of nitrogens with zero attached hydrogens (tertiary/aromatic N) is 1. The van der Waals surface area contributed by atoms with Crippen molar-refractivity contribution in [3.05, 3.63) is 51.2 Å². The minimum atomic E-state index is 0.327. The van der Waals surface area contributed by atoms with Gasteiger partial charge >= 0.3 is 0 Å². The molecule has 0 saturated heterocycles. The Bertz CT molecular complexity index is 552. The highest BCUT2D eigenvalue weighted by atomic mass is 35.5. The maximum absolute atomic E-state index is 6.16. The third-order valence-electron chi connectivity index (χ3n) is 2.62. The van der Waals surface area contributed by atoms with Gasteiger partial charge in [-0.05, 0) is 23.6 Å². The zero-order chi connectivity index (χ0) is 13.1. The molecule has 0 saturated carbocycles. The second kappa shape index (κ2) is 5.69. The summed E-state index contributed by atoms with van der Waals surface area (Å²) in [6.45, 7) is 0.813. The van der Waals surface area contributed by atoms with Crippen LogP contribution in [-0.4, -0.2) is 12.0 Å². The minimum absolute atomic E-state index is 0.327. The zero-order valence-electron chi connectivity index (χ0n) is 9.89. The number of nitrogens with two attached hydrogens (primary N) is 1. The first-order valence-corrected chi connectivity index (χ1v) is 7.08. The Morgan fingerprint density at radius 1 is 1.39 bits per heavy atom. The Morgan fingerprint density at radius 3 is 2.78 bits per heavy atom. The first-order chi connectivity index (χ1) is 8.59. The van der Waals surface area contributed by atoms with E-state index in [2.05, 4.69) is 16.3 Å². The first kappa shape index (κ1) is 13.3. The van der Waals surface area contributed by atoms with Crippen LogP contribution in [-0.2, 0) is 6.54 Å². The Kier molecular flexibility index (Phi) is 4.22. The van der Waals surface area contributed by atoms with Crippen LogP contribution in [0, 0.1) is 0 Å². The van der Waals surface area contributed by atoms with Crippen LogP contribution in [0.15, 0.2) is 35.7 Å². The van der Waals surface area contributed by atoms with Crippen LogP contribution in [0.5, 0.6) is 0 Å². The van der Waals surface area contributed by atoms with E-state index in [4.69, 9.17) is 29.6 Å². The van der Waals surface area contributed by atoms with E-state index in [1.165, 1.54) is 4.88 Å². The first-order valence-electron chi connectivity index (χ1n) is 5.41. The highest BCUT2D eigenvalue weighted by Crippen LogP contribution is 2.28. The summed E-state index contributed by atoms with van der Waals surface area (Å²) in [5.41, 5.74) is 7.45. The molecule has 5 heteroatoms. The molecule has 1 heterocycles. The van der Waals surface area contributed by atoms with Crippen molar-refractivity contribution in [2.45, 2.75) is 6.54 Å². The van der Waals surface area contributed by atoms with Crippen LogP contribution in [0.1, 0.15) is 10.4 Å². The van der Waals surface area contributed by atoms with Crippen molar-refractivity contribution in [2.24, 2.45) is 5.73 Å². The third-order valence-corrected chi connectivity index (χ3v) is 4.00. The molecule has 0 fully saturated rings. The lowest BCUT2D eigenvalue weighted by Crippen LogP contribution is -2.21. The Hall–Kier alpha value is -1.10. The molecule has 0 atom stereocenters. The summed E-state index contributed by atoms with van der Waals surface area (Å²) in [4.78, 5) is 3.71. The highest BCUT2D eigenvalue weighted by Gasteiger charge is 2.13. The molecule has 0 amide bonds. The molecule has 18 heavy (non-hydrogen) atoms. The molecule has 0 spiro atoms. The molecule has 0 aliphatic rings. The molecule has 0 unspecified atom stereocenters. The van der Waals surface area contributed by atoms with E-state index in [-0.39, 0.29) is 0 Å². The Labute approximate surface area is 121 Å². The van der Waals surface area contributed by atoms with Crippen molar-refractivity contribution in [2.75, 3.05) is 11.9 Å². The summed E-state index contributed by atoms with van der Waals surface area (Å²) in [5, 5.41) is 2.66. The quantitative estimate of drug-likeness (QED) is 0.873. The number of rotatable bonds is 4. The maximum atomic E-state index is 6.16. The lowest BCUT2D eigenvalue weighted by atomic mass is 10.1. The van der Waals surface area contributed by atoms with Crippen molar-refractivity contribution in [3.8, 4) is 0 Å². The molecule has 2 nitrogen and oxygen atoms in total. The Balaban J connectivity index is 2.32. The van der Waals surface area contributed by atoms with Gasteiger partial charge in [0.2, 0.25) is 0 Å². The average molecular weight is 297 g/mol. The average Bonchev–Trinajstić information content (AvgIpc) is 2.80. The van der Waals surface area contributed by atoms with E-state index in [0.717, 1.165) is 17.8 Å². The van der Waals surface area contributed by atoms with Gasteiger partial charge in [0.15, 0.2) is 0 Å². The second-order valence-corrected chi connectivity index (χ2v) is 5.81. The number of thiocarbonyl (C=S) groups is 1. The second-order valence-electron chi connectivity index (χ2n) is 3.93. The lowest BCUT2D eigenvalue weighted by Gasteiger charge is -2.22. The fraction of sp³-hybridized carbons (Fsp3) is 0.154. The lowest BCUT2D eigenvalue weighted by molar-refractivity contribution is 0.939. The molecular formula is C13H13ClN2S2. The standard InChI is InChI=1S/C13H13ClN2S2/c1-16(8-9-4-3-7-18-9)11-6-2-5-10(14)12(11)13(15)17/h2-7H,8H2,1H3,(H2,15,17). The number of hydrogen-bond acceptors (Lipinski definition) is 3. The van der Waals surface area contributed by atoms with Crippen LogP contribution in [0.4, 0.5) is 5.69 Å². The van der Waals surface area contributed by atoms with Gasteiger partial charge < -0.3 is 10.6 Å². The predicted octanol–water partition coefficient (Wildman–Crippen LogP) is 3.67. The van der Waals surface area contributed by atoms with E-state index in [9.17, 15) is 0 Å². The highest BCUT2D eigenvalue weighted by molar-refractivity contribution is 7.80. The zero-order valence-corrected chi connectivity index (χ0v) is 12.3. The summed E-state index contributed by atoms with van der Waals surface area (Å²) in [6.07, 6.45) is 0. The summed E-state index contributed by atoms with van der Waals surface area (Å²) in [7, 11) is 2.01. The van der Waals surface area contributed by atoms with Crippen molar-refractivity contribution < 1.29 is 0 Å². The van der Waals surface area contributed by atoms with E-state index in [0.29, 0.717) is 10.0 Å². The normalized spacial score (nSPS) is 10.3. The van der Waals surface area contributed by atoms with Crippen molar-refractivity contribution in [1.29, 1.82) is 0 Å². The molecule has 94 valence electrons. The molecule has 1 aromatic heterocycles. The van der Waals surface area contributed by atoms with Gasteiger partial charge in [-0.15, -0.1) is 11.3 Å². The molecule has 0 bridgehead atoms. The third kappa shape index (κ3) is 2.83.